The van der Waals surface area contributed by atoms with Crippen LogP contribution in [0.1, 0.15) is 29.8 Å². The van der Waals surface area contributed by atoms with Crippen molar-refractivity contribution in [2.75, 3.05) is 13.7 Å². The molecule has 1 unspecified atom stereocenters. The second kappa shape index (κ2) is 6.38. The minimum Gasteiger partial charge on any atom is -0.496 e. The summed E-state index contributed by atoms with van der Waals surface area (Å²) in [5.41, 5.74) is 3.55. The third-order valence-corrected chi connectivity index (χ3v) is 3.26. The molecule has 0 saturated carbocycles. The molecule has 1 aromatic carbocycles. The number of hydrogen-bond donors (Lipinski definition) is 2. The standard InChI is InChI=1S/C15H21N3O/c1-11-4-5-14(15(8-11)19-3)12(2)17-7-6-13-9-16-10-18-13/h4-5,8-10,12,17H,6-7H2,1-3H3,(H,16,18). The first-order chi connectivity index (χ1) is 9.20. The van der Waals surface area contributed by atoms with Crippen molar-refractivity contribution in [2.24, 2.45) is 0 Å². The van der Waals surface area contributed by atoms with Gasteiger partial charge in [0.2, 0.25) is 0 Å². The van der Waals surface area contributed by atoms with Crippen LogP contribution in [0.5, 0.6) is 5.75 Å². The molecule has 2 rings (SSSR count). The van der Waals surface area contributed by atoms with E-state index in [2.05, 4.69) is 47.3 Å². The van der Waals surface area contributed by atoms with Crippen LogP contribution in [-0.2, 0) is 6.42 Å². The quantitative estimate of drug-likeness (QED) is 0.838. The normalized spacial score (nSPS) is 12.4. The van der Waals surface area contributed by atoms with Gasteiger partial charge in [-0.3, -0.25) is 0 Å². The number of aryl methyl sites for hydroxylation is 1. The summed E-state index contributed by atoms with van der Waals surface area (Å²) >= 11 is 0. The van der Waals surface area contributed by atoms with Gasteiger partial charge in [0.1, 0.15) is 5.75 Å². The van der Waals surface area contributed by atoms with E-state index in [0.717, 1.165) is 24.4 Å². The zero-order valence-corrected chi connectivity index (χ0v) is 11.7. The number of imidazole rings is 1. The molecule has 0 fully saturated rings. The van der Waals surface area contributed by atoms with Crippen molar-refractivity contribution < 1.29 is 4.74 Å². The van der Waals surface area contributed by atoms with E-state index in [1.165, 1.54) is 11.1 Å². The summed E-state index contributed by atoms with van der Waals surface area (Å²) in [5.74, 6) is 0.946. The summed E-state index contributed by atoms with van der Waals surface area (Å²) in [4.78, 5) is 7.12. The van der Waals surface area contributed by atoms with Crippen LogP contribution in [0.3, 0.4) is 0 Å². The molecule has 0 aliphatic heterocycles. The molecule has 0 spiro atoms. The monoisotopic (exact) mass is 259 g/mol. The van der Waals surface area contributed by atoms with Crippen LogP contribution in [0.4, 0.5) is 0 Å². The van der Waals surface area contributed by atoms with Gasteiger partial charge < -0.3 is 15.0 Å². The van der Waals surface area contributed by atoms with E-state index < -0.39 is 0 Å². The number of nitrogens with zero attached hydrogens (tertiary/aromatic N) is 1. The highest BCUT2D eigenvalue weighted by Crippen LogP contribution is 2.25. The third kappa shape index (κ3) is 3.58. The van der Waals surface area contributed by atoms with Crippen LogP contribution < -0.4 is 10.1 Å². The Bertz CT molecular complexity index is 508. The summed E-state index contributed by atoms with van der Waals surface area (Å²) in [7, 11) is 1.72. The number of benzene rings is 1. The lowest BCUT2D eigenvalue weighted by atomic mass is 10.0. The largest absolute Gasteiger partial charge is 0.496 e. The Morgan fingerprint density at radius 1 is 1.42 bits per heavy atom. The molecular weight excluding hydrogens is 238 g/mol. The topological polar surface area (TPSA) is 49.9 Å². The second-order valence-electron chi connectivity index (χ2n) is 4.75. The highest BCUT2D eigenvalue weighted by Gasteiger charge is 2.10. The molecule has 0 saturated heterocycles. The Balaban J connectivity index is 1.94. The molecule has 4 nitrogen and oxygen atoms in total. The van der Waals surface area contributed by atoms with Gasteiger partial charge in [-0.05, 0) is 25.5 Å². The Morgan fingerprint density at radius 3 is 2.95 bits per heavy atom. The van der Waals surface area contributed by atoms with Gasteiger partial charge in [-0.2, -0.15) is 0 Å². The average Bonchev–Trinajstić information content (AvgIpc) is 2.91. The Labute approximate surface area is 114 Å². The molecule has 102 valence electrons. The molecule has 2 aromatic rings. The molecule has 1 aromatic heterocycles. The van der Waals surface area contributed by atoms with Gasteiger partial charge >= 0.3 is 0 Å². The zero-order valence-electron chi connectivity index (χ0n) is 11.7. The Kier molecular flexibility index (Phi) is 4.58. The highest BCUT2D eigenvalue weighted by atomic mass is 16.5. The van der Waals surface area contributed by atoms with Crippen molar-refractivity contribution in [3.05, 3.63) is 47.5 Å². The summed E-state index contributed by atoms with van der Waals surface area (Å²) in [6.07, 6.45) is 4.51. The minimum atomic E-state index is 0.262. The maximum absolute atomic E-state index is 5.44. The fourth-order valence-electron chi connectivity index (χ4n) is 2.13. The molecule has 0 aliphatic rings. The lowest BCUT2D eigenvalue weighted by Crippen LogP contribution is -2.22. The molecule has 19 heavy (non-hydrogen) atoms. The van der Waals surface area contributed by atoms with Crippen molar-refractivity contribution in [1.82, 2.24) is 15.3 Å². The van der Waals surface area contributed by atoms with Gasteiger partial charge in [0.15, 0.2) is 0 Å². The molecule has 0 bridgehead atoms. The number of aromatic nitrogens is 2. The van der Waals surface area contributed by atoms with E-state index in [4.69, 9.17) is 4.74 Å². The fourth-order valence-corrected chi connectivity index (χ4v) is 2.13. The minimum absolute atomic E-state index is 0.262. The number of hydrogen-bond acceptors (Lipinski definition) is 3. The van der Waals surface area contributed by atoms with Crippen LogP contribution in [0, 0.1) is 6.92 Å². The van der Waals surface area contributed by atoms with Gasteiger partial charge in [0, 0.05) is 36.5 Å². The summed E-state index contributed by atoms with van der Waals surface area (Å²) in [5, 5.41) is 3.50. The van der Waals surface area contributed by atoms with E-state index >= 15 is 0 Å². The maximum atomic E-state index is 5.44. The van der Waals surface area contributed by atoms with Gasteiger partial charge in [-0.25, -0.2) is 4.98 Å². The van der Waals surface area contributed by atoms with E-state index in [-0.39, 0.29) is 6.04 Å². The van der Waals surface area contributed by atoms with E-state index in [1.807, 2.05) is 6.20 Å². The fraction of sp³-hybridized carbons (Fsp3) is 0.400. The first-order valence-electron chi connectivity index (χ1n) is 6.56. The first-order valence-corrected chi connectivity index (χ1v) is 6.56. The van der Waals surface area contributed by atoms with Crippen molar-refractivity contribution in [3.8, 4) is 5.75 Å². The average molecular weight is 259 g/mol. The summed E-state index contributed by atoms with van der Waals surface area (Å²) in [6.45, 7) is 5.13. The third-order valence-electron chi connectivity index (χ3n) is 3.26. The number of methoxy groups -OCH3 is 1. The number of rotatable bonds is 6. The second-order valence-corrected chi connectivity index (χ2v) is 4.75. The number of H-pyrrole nitrogens is 1. The maximum Gasteiger partial charge on any atom is 0.123 e. The lowest BCUT2D eigenvalue weighted by molar-refractivity contribution is 0.401. The molecule has 2 N–H and O–H groups in total. The van der Waals surface area contributed by atoms with E-state index in [9.17, 15) is 0 Å². The number of aromatic amines is 1. The smallest absolute Gasteiger partial charge is 0.123 e. The molecule has 1 heterocycles. The Hall–Kier alpha value is -1.81. The van der Waals surface area contributed by atoms with Crippen LogP contribution in [-0.4, -0.2) is 23.6 Å². The molecule has 0 radical (unpaired) electrons. The number of nitrogens with one attached hydrogen (secondary N) is 2. The Morgan fingerprint density at radius 2 is 2.26 bits per heavy atom. The van der Waals surface area contributed by atoms with Crippen LogP contribution in [0.2, 0.25) is 0 Å². The molecule has 1 atom stereocenters. The van der Waals surface area contributed by atoms with Gasteiger partial charge in [-0.15, -0.1) is 0 Å². The van der Waals surface area contributed by atoms with E-state index in [0.29, 0.717) is 0 Å². The lowest BCUT2D eigenvalue weighted by Gasteiger charge is -2.17. The van der Waals surface area contributed by atoms with Crippen molar-refractivity contribution in [3.63, 3.8) is 0 Å². The van der Waals surface area contributed by atoms with E-state index in [1.54, 1.807) is 13.4 Å². The van der Waals surface area contributed by atoms with Crippen molar-refractivity contribution >= 4 is 0 Å². The summed E-state index contributed by atoms with van der Waals surface area (Å²) in [6, 6.07) is 6.58. The first kappa shape index (κ1) is 13.6. The van der Waals surface area contributed by atoms with Crippen molar-refractivity contribution in [2.45, 2.75) is 26.3 Å². The van der Waals surface area contributed by atoms with Gasteiger partial charge in [-0.1, -0.05) is 12.1 Å². The highest BCUT2D eigenvalue weighted by molar-refractivity contribution is 5.39. The molecule has 0 amide bonds. The predicted octanol–water partition coefficient (Wildman–Crippen LogP) is 2.62. The molecule has 0 aliphatic carbocycles. The SMILES string of the molecule is COc1cc(C)ccc1C(C)NCCc1cnc[nH]1. The predicted molar refractivity (Wildman–Crippen MR) is 76.4 cm³/mol. The molecular formula is C15H21N3O. The van der Waals surface area contributed by atoms with Crippen LogP contribution in [0.25, 0.3) is 0 Å². The van der Waals surface area contributed by atoms with Crippen LogP contribution >= 0.6 is 0 Å². The van der Waals surface area contributed by atoms with Gasteiger partial charge in [0.05, 0.1) is 13.4 Å². The zero-order chi connectivity index (χ0) is 13.7. The molecule has 4 heteroatoms. The van der Waals surface area contributed by atoms with Gasteiger partial charge in [0.25, 0.3) is 0 Å². The summed E-state index contributed by atoms with van der Waals surface area (Å²) < 4.78 is 5.44. The van der Waals surface area contributed by atoms with Crippen molar-refractivity contribution in [1.29, 1.82) is 0 Å². The number of ether oxygens (including phenoxy) is 1. The van der Waals surface area contributed by atoms with Crippen LogP contribution in [0.15, 0.2) is 30.7 Å².